The molecular formula is C15H11FN4O2S. The number of aromatic nitrogens is 2. The maximum Gasteiger partial charge on any atom is 0.265 e. The van der Waals surface area contributed by atoms with E-state index in [4.69, 9.17) is 5.73 Å². The zero-order valence-electron chi connectivity index (χ0n) is 11.7. The lowest BCUT2D eigenvalue weighted by molar-refractivity contribution is 0.0994. The van der Waals surface area contributed by atoms with Crippen LogP contribution in [0, 0.1) is 5.82 Å². The number of thiazole rings is 1. The zero-order chi connectivity index (χ0) is 16.4. The number of carbonyl (C=O) groups excluding carboxylic acids is 2. The van der Waals surface area contributed by atoms with Gasteiger partial charge in [-0.05, 0) is 24.3 Å². The fraction of sp³-hybridized carbons (Fsp3) is 0. The molecule has 23 heavy (non-hydrogen) atoms. The summed E-state index contributed by atoms with van der Waals surface area (Å²) in [6.45, 7) is 0. The van der Waals surface area contributed by atoms with Crippen LogP contribution in [0.5, 0.6) is 0 Å². The molecule has 0 saturated heterocycles. The highest BCUT2D eigenvalue weighted by Crippen LogP contribution is 2.25. The standard InChI is InChI=1S/C15H11FN4O2S/c16-10-3-1-2-8(4-10)14(22)20-15-19-12(7-23-15)9-5-11(13(17)21)18-6-9/h1-7,18H,(H2,17,21)(H,19,20,22). The van der Waals surface area contributed by atoms with Gasteiger partial charge in [0, 0.05) is 22.7 Å². The molecule has 0 aliphatic heterocycles. The quantitative estimate of drug-likeness (QED) is 0.685. The van der Waals surface area contributed by atoms with Crippen molar-refractivity contribution in [3.05, 3.63) is 59.0 Å². The molecule has 0 atom stereocenters. The maximum absolute atomic E-state index is 13.1. The van der Waals surface area contributed by atoms with Crippen molar-refractivity contribution in [1.29, 1.82) is 0 Å². The first-order valence-corrected chi connectivity index (χ1v) is 7.42. The molecule has 6 nitrogen and oxygen atoms in total. The van der Waals surface area contributed by atoms with Gasteiger partial charge in [-0.25, -0.2) is 9.37 Å². The molecule has 3 rings (SSSR count). The van der Waals surface area contributed by atoms with Gasteiger partial charge in [0.25, 0.3) is 11.8 Å². The van der Waals surface area contributed by atoms with Crippen molar-refractivity contribution in [2.75, 3.05) is 5.32 Å². The van der Waals surface area contributed by atoms with Gasteiger partial charge in [-0.1, -0.05) is 6.07 Å². The summed E-state index contributed by atoms with van der Waals surface area (Å²) in [6.07, 6.45) is 1.60. The van der Waals surface area contributed by atoms with Gasteiger partial charge >= 0.3 is 0 Å². The molecule has 0 spiro atoms. The molecule has 1 aromatic carbocycles. The van der Waals surface area contributed by atoms with Crippen LogP contribution in [0.15, 0.2) is 41.9 Å². The van der Waals surface area contributed by atoms with Gasteiger partial charge in [-0.3, -0.25) is 14.9 Å². The van der Waals surface area contributed by atoms with E-state index in [1.165, 1.54) is 29.5 Å². The Morgan fingerprint density at radius 3 is 2.83 bits per heavy atom. The fourth-order valence-corrected chi connectivity index (χ4v) is 2.66. The van der Waals surface area contributed by atoms with Gasteiger partial charge in [-0.15, -0.1) is 11.3 Å². The molecule has 0 unspecified atom stereocenters. The lowest BCUT2D eigenvalue weighted by Crippen LogP contribution is -2.11. The van der Waals surface area contributed by atoms with Crippen LogP contribution in [0.25, 0.3) is 11.3 Å². The van der Waals surface area contributed by atoms with Crippen LogP contribution in [0.4, 0.5) is 9.52 Å². The fourth-order valence-electron chi connectivity index (χ4n) is 1.95. The number of amides is 2. The third-order valence-electron chi connectivity index (χ3n) is 3.06. The van der Waals surface area contributed by atoms with E-state index in [-0.39, 0.29) is 11.3 Å². The first kappa shape index (κ1) is 14.9. The number of anilines is 1. The van der Waals surface area contributed by atoms with Crippen LogP contribution in [-0.2, 0) is 0 Å². The number of nitrogens with one attached hydrogen (secondary N) is 2. The lowest BCUT2D eigenvalue weighted by Gasteiger charge is -2.01. The molecule has 2 aromatic heterocycles. The number of nitrogens with two attached hydrogens (primary N) is 1. The van der Waals surface area contributed by atoms with Crippen LogP contribution in [-0.4, -0.2) is 21.8 Å². The van der Waals surface area contributed by atoms with Crippen LogP contribution in [0.2, 0.25) is 0 Å². The lowest BCUT2D eigenvalue weighted by atomic mass is 10.2. The highest BCUT2D eigenvalue weighted by Gasteiger charge is 2.12. The summed E-state index contributed by atoms with van der Waals surface area (Å²) >= 11 is 1.22. The highest BCUT2D eigenvalue weighted by atomic mass is 32.1. The van der Waals surface area contributed by atoms with Crippen molar-refractivity contribution in [3.63, 3.8) is 0 Å². The molecule has 2 amide bonds. The average molecular weight is 330 g/mol. The van der Waals surface area contributed by atoms with Crippen molar-refractivity contribution in [3.8, 4) is 11.3 Å². The maximum atomic E-state index is 13.1. The molecule has 0 bridgehead atoms. The Labute approximate surface area is 134 Å². The summed E-state index contributed by atoms with van der Waals surface area (Å²) in [5.41, 5.74) is 6.93. The van der Waals surface area contributed by atoms with Crippen molar-refractivity contribution < 1.29 is 14.0 Å². The first-order valence-electron chi connectivity index (χ1n) is 6.54. The Balaban J connectivity index is 1.76. The largest absolute Gasteiger partial charge is 0.364 e. The number of H-pyrrole nitrogens is 1. The van der Waals surface area contributed by atoms with E-state index in [1.54, 1.807) is 17.6 Å². The molecular weight excluding hydrogens is 319 g/mol. The Bertz CT molecular complexity index is 887. The number of halogens is 1. The summed E-state index contributed by atoms with van der Waals surface area (Å²) in [5.74, 6) is -1.49. The van der Waals surface area contributed by atoms with E-state index in [0.717, 1.165) is 6.07 Å². The van der Waals surface area contributed by atoms with Crippen molar-refractivity contribution in [2.24, 2.45) is 5.73 Å². The van der Waals surface area contributed by atoms with Crippen LogP contribution >= 0.6 is 11.3 Å². The Morgan fingerprint density at radius 1 is 1.30 bits per heavy atom. The molecule has 2 heterocycles. The van der Waals surface area contributed by atoms with Crippen LogP contribution in [0.1, 0.15) is 20.8 Å². The number of rotatable bonds is 4. The molecule has 0 saturated carbocycles. The van der Waals surface area contributed by atoms with E-state index in [9.17, 15) is 14.0 Å². The van der Waals surface area contributed by atoms with Gasteiger partial charge in [0.05, 0.1) is 5.69 Å². The molecule has 3 aromatic rings. The second kappa shape index (κ2) is 6.01. The molecule has 0 aliphatic rings. The highest BCUT2D eigenvalue weighted by molar-refractivity contribution is 7.14. The minimum atomic E-state index is -0.564. The second-order valence-corrected chi connectivity index (χ2v) is 5.53. The predicted octanol–water partition coefficient (Wildman–Crippen LogP) is 2.63. The normalized spacial score (nSPS) is 10.5. The SMILES string of the molecule is NC(=O)c1cc(-c2csc(NC(=O)c3cccc(F)c3)n2)c[nH]1. The Kier molecular flexibility index (Phi) is 3.90. The van der Waals surface area contributed by atoms with Gasteiger partial charge in [-0.2, -0.15) is 0 Å². The Morgan fingerprint density at radius 2 is 2.13 bits per heavy atom. The van der Waals surface area contributed by atoms with Gasteiger partial charge in [0.2, 0.25) is 0 Å². The Hall–Kier alpha value is -3.00. The predicted molar refractivity (Wildman–Crippen MR) is 84.8 cm³/mol. The van der Waals surface area contributed by atoms with Crippen LogP contribution in [0.3, 0.4) is 0 Å². The number of nitrogens with zero attached hydrogens (tertiary/aromatic N) is 1. The minimum Gasteiger partial charge on any atom is -0.364 e. The number of carbonyl (C=O) groups is 2. The minimum absolute atomic E-state index is 0.208. The smallest absolute Gasteiger partial charge is 0.265 e. The van der Waals surface area contributed by atoms with Gasteiger partial charge in [0.15, 0.2) is 5.13 Å². The third-order valence-corrected chi connectivity index (χ3v) is 3.81. The molecule has 0 radical (unpaired) electrons. The van der Waals surface area contributed by atoms with Crippen molar-refractivity contribution in [1.82, 2.24) is 9.97 Å². The molecule has 0 aliphatic carbocycles. The summed E-state index contributed by atoms with van der Waals surface area (Å²) < 4.78 is 13.1. The monoisotopic (exact) mass is 330 g/mol. The van der Waals surface area contributed by atoms with E-state index in [1.807, 2.05) is 0 Å². The number of primary amides is 1. The van der Waals surface area contributed by atoms with Gasteiger partial charge in [0.1, 0.15) is 11.5 Å². The summed E-state index contributed by atoms with van der Waals surface area (Å²) in [4.78, 5) is 30.1. The second-order valence-electron chi connectivity index (χ2n) is 4.67. The number of hydrogen-bond donors (Lipinski definition) is 3. The molecule has 8 heteroatoms. The van der Waals surface area contributed by atoms with E-state index in [2.05, 4.69) is 15.3 Å². The van der Waals surface area contributed by atoms with E-state index in [0.29, 0.717) is 16.4 Å². The molecule has 116 valence electrons. The number of aromatic amines is 1. The average Bonchev–Trinajstić information content (AvgIpc) is 3.15. The number of benzene rings is 1. The number of hydrogen-bond acceptors (Lipinski definition) is 4. The van der Waals surface area contributed by atoms with E-state index >= 15 is 0 Å². The summed E-state index contributed by atoms with van der Waals surface area (Å²) in [7, 11) is 0. The van der Waals surface area contributed by atoms with Crippen LogP contribution < -0.4 is 11.1 Å². The third kappa shape index (κ3) is 3.27. The molecule has 0 fully saturated rings. The van der Waals surface area contributed by atoms with Crippen molar-refractivity contribution >= 4 is 28.3 Å². The zero-order valence-corrected chi connectivity index (χ0v) is 12.5. The molecule has 4 N–H and O–H groups in total. The first-order chi connectivity index (χ1) is 11.0. The topological polar surface area (TPSA) is 101 Å². The van der Waals surface area contributed by atoms with Crippen molar-refractivity contribution in [2.45, 2.75) is 0 Å². The van der Waals surface area contributed by atoms with E-state index < -0.39 is 17.6 Å². The van der Waals surface area contributed by atoms with Gasteiger partial charge < -0.3 is 10.7 Å². The summed E-state index contributed by atoms with van der Waals surface area (Å²) in [5, 5.41) is 4.71. The summed E-state index contributed by atoms with van der Waals surface area (Å²) in [6, 6.07) is 6.96.